The summed E-state index contributed by atoms with van der Waals surface area (Å²) >= 11 is 3.44. The maximum absolute atomic E-state index is 5.41. The predicted molar refractivity (Wildman–Crippen MR) is 48.1 cm³/mol. The van der Waals surface area contributed by atoms with E-state index in [1.165, 1.54) is 0 Å². The highest BCUT2D eigenvalue weighted by Gasteiger charge is 2.10. The lowest BCUT2D eigenvalue weighted by Gasteiger charge is -2.19. The summed E-state index contributed by atoms with van der Waals surface area (Å²) in [6.45, 7) is 1.64. The van der Waals surface area contributed by atoms with Crippen molar-refractivity contribution in [2.45, 2.75) is 0 Å². The van der Waals surface area contributed by atoms with Crippen LogP contribution in [0.2, 0.25) is 0 Å². The van der Waals surface area contributed by atoms with Crippen LogP contribution in [0.4, 0.5) is 5.69 Å². The molecule has 0 aromatic heterocycles. The molecular weight excluding hydrogens is 206 g/mol. The quantitative estimate of drug-likeness (QED) is 0.715. The van der Waals surface area contributed by atoms with Gasteiger partial charge in [0, 0.05) is 11.0 Å². The number of hydrogen-bond donors (Lipinski definition) is 1. The second-order valence-corrected chi connectivity index (χ2v) is 3.24. The number of ether oxygens (including phenoxy) is 1. The summed E-state index contributed by atoms with van der Waals surface area (Å²) in [7, 11) is 0. The third-order valence-corrected chi connectivity index (χ3v) is 2.30. The Morgan fingerprint density at radius 3 is 3.18 bits per heavy atom. The van der Waals surface area contributed by atoms with Crippen molar-refractivity contribution in [2.24, 2.45) is 0 Å². The van der Waals surface area contributed by atoms with Crippen LogP contribution in [-0.4, -0.2) is 13.2 Å². The van der Waals surface area contributed by atoms with Crippen molar-refractivity contribution in [3.8, 4) is 5.75 Å². The Kier molecular flexibility index (Phi) is 1.74. The van der Waals surface area contributed by atoms with Gasteiger partial charge in [0.1, 0.15) is 12.4 Å². The molecule has 3 heteroatoms. The Hall–Kier alpha value is -0.700. The van der Waals surface area contributed by atoms with Crippen molar-refractivity contribution in [3.05, 3.63) is 22.7 Å². The van der Waals surface area contributed by atoms with E-state index in [0.29, 0.717) is 0 Å². The van der Waals surface area contributed by atoms with Crippen LogP contribution in [0.3, 0.4) is 0 Å². The maximum atomic E-state index is 5.41. The minimum Gasteiger partial charge on any atom is -0.490 e. The van der Waals surface area contributed by atoms with Crippen molar-refractivity contribution in [1.82, 2.24) is 0 Å². The van der Waals surface area contributed by atoms with Gasteiger partial charge in [0.05, 0.1) is 5.69 Å². The molecule has 0 spiro atoms. The van der Waals surface area contributed by atoms with Gasteiger partial charge in [-0.2, -0.15) is 0 Å². The molecule has 1 aliphatic rings. The zero-order valence-electron chi connectivity index (χ0n) is 5.93. The number of anilines is 1. The summed E-state index contributed by atoms with van der Waals surface area (Å²) in [5.74, 6) is 0.936. The van der Waals surface area contributed by atoms with Gasteiger partial charge in [-0.15, -0.1) is 0 Å². The zero-order valence-corrected chi connectivity index (χ0v) is 7.52. The molecule has 0 unspecified atom stereocenters. The number of benzene rings is 1. The van der Waals surface area contributed by atoms with Crippen LogP contribution in [0, 0.1) is 0 Å². The van der Waals surface area contributed by atoms with Crippen LogP contribution in [-0.2, 0) is 0 Å². The summed E-state index contributed by atoms with van der Waals surface area (Å²) in [5.41, 5.74) is 1.07. The molecule has 1 heterocycles. The lowest BCUT2D eigenvalue weighted by molar-refractivity contribution is 0.323. The van der Waals surface area contributed by atoms with Crippen LogP contribution in [0.15, 0.2) is 22.7 Å². The maximum Gasteiger partial charge on any atom is 0.143 e. The fraction of sp³-hybridized carbons (Fsp3) is 0.250. The largest absolute Gasteiger partial charge is 0.490 e. The van der Waals surface area contributed by atoms with Crippen molar-refractivity contribution < 1.29 is 4.74 Å². The molecule has 0 radical (unpaired) electrons. The molecule has 11 heavy (non-hydrogen) atoms. The van der Waals surface area contributed by atoms with Crippen LogP contribution in [0.1, 0.15) is 0 Å². The Labute approximate surface area is 73.7 Å². The lowest BCUT2D eigenvalue weighted by atomic mass is 10.2. The highest BCUT2D eigenvalue weighted by molar-refractivity contribution is 9.10. The molecule has 58 valence electrons. The van der Waals surface area contributed by atoms with E-state index in [4.69, 9.17) is 4.74 Å². The first-order valence-corrected chi connectivity index (χ1v) is 4.32. The van der Waals surface area contributed by atoms with Gasteiger partial charge in [-0.05, 0) is 28.1 Å². The zero-order chi connectivity index (χ0) is 7.68. The molecule has 1 N–H and O–H groups in total. The smallest absolute Gasteiger partial charge is 0.143 e. The second-order valence-electron chi connectivity index (χ2n) is 2.39. The van der Waals surface area contributed by atoms with E-state index in [1.807, 2.05) is 18.2 Å². The molecular formula is C8H8BrNO. The Balaban J connectivity index is 2.49. The molecule has 0 aliphatic carbocycles. The molecule has 2 nitrogen and oxygen atoms in total. The standard InChI is InChI=1S/C8H8BrNO/c9-6-2-1-3-7-8(6)10-4-5-11-7/h1-3,10H,4-5H2. The molecule has 2 rings (SSSR count). The van der Waals surface area contributed by atoms with E-state index in [0.717, 1.165) is 29.1 Å². The summed E-state index contributed by atoms with van der Waals surface area (Å²) in [4.78, 5) is 0. The normalized spacial score (nSPS) is 14.6. The molecule has 0 saturated carbocycles. The first kappa shape index (κ1) is 6.98. The summed E-state index contributed by atoms with van der Waals surface area (Å²) < 4.78 is 6.48. The van der Waals surface area contributed by atoms with Crippen molar-refractivity contribution in [2.75, 3.05) is 18.5 Å². The van der Waals surface area contributed by atoms with Gasteiger partial charge in [0.15, 0.2) is 0 Å². The number of hydrogen-bond acceptors (Lipinski definition) is 2. The highest BCUT2D eigenvalue weighted by atomic mass is 79.9. The first-order valence-electron chi connectivity index (χ1n) is 3.53. The second kappa shape index (κ2) is 2.74. The molecule has 1 aromatic rings. The Morgan fingerprint density at radius 2 is 2.36 bits per heavy atom. The molecule has 1 aromatic carbocycles. The first-order chi connectivity index (χ1) is 5.38. The summed E-state index contributed by atoms with van der Waals surface area (Å²) in [5, 5.41) is 3.26. The van der Waals surface area contributed by atoms with Crippen molar-refractivity contribution >= 4 is 21.6 Å². The molecule has 0 bridgehead atoms. The van der Waals surface area contributed by atoms with Gasteiger partial charge < -0.3 is 10.1 Å². The fourth-order valence-electron chi connectivity index (χ4n) is 1.13. The minimum atomic E-state index is 0.753. The number of nitrogens with one attached hydrogen (secondary N) is 1. The Morgan fingerprint density at radius 1 is 1.45 bits per heavy atom. The van der Waals surface area contributed by atoms with Crippen molar-refractivity contribution in [3.63, 3.8) is 0 Å². The third kappa shape index (κ3) is 1.20. The van der Waals surface area contributed by atoms with E-state index in [1.54, 1.807) is 0 Å². The minimum absolute atomic E-state index is 0.753. The van der Waals surface area contributed by atoms with Gasteiger partial charge >= 0.3 is 0 Å². The molecule has 0 saturated heterocycles. The van der Waals surface area contributed by atoms with E-state index in [9.17, 15) is 0 Å². The average molecular weight is 214 g/mol. The van der Waals surface area contributed by atoms with Crippen molar-refractivity contribution in [1.29, 1.82) is 0 Å². The molecule has 1 aliphatic heterocycles. The number of fused-ring (bicyclic) bond motifs is 1. The number of halogens is 1. The van der Waals surface area contributed by atoms with E-state index in [2.05, 4.69) is 21.2 Å². The van der Waals surface area contributed by atoms with Crippen LogP contribution in [0.5, 0.6) is 5.75 Å². The average Bonchev–Trinajstić information content (AvgIpc) is 2.06. The lowest BCUT2D eigenvalue weighted by Crippen LogP contribution is -2.18. The molecule has 0 amide bonds. The van der Waals surface area contributed by atoms with Crippen LogP contribution >= 0.6 is 15.9 Å². The van der Waals surface area contributed by atoms with E-state index < -0.39 is 0 Å². The monoisotopic (exact) mass is 213 g/mol. The number of rotatable bonds is 0. The number of para-hydroxylation sites is 1. The van der Waals surface area contributed by atoms with Gasteiger partial charge in [-0.1, -0.05) is 6.07 Å². The van der Waals surface area contributed by atoms with Gasteiger partial charge in [0.25, 0.3) is 0 Å². The predicted octanol–water partition coefficient (Wildman–Crippen LogP) is 2.25. The van der Waals surface area contributed by atoms with Gasteiger partial charge in [0.2, 0.25) is 0 Å². The SMILES string of the molecule is Brc1cccc2c1NCCO2. The van der Waals surface area contributed by atoms with Crippen LogP contribution < -0.4 is 10.1 Å². The third-order valence-electron chi connectivity index (χ3n) is 1.64. The van der Waals surface area contributed by atoms with E-state index >= 15 is 0 Å². The fourth-order valence-corrected chi connectivity index (χ4v) is 1.62. The van der Waals surface area contributed by atoms with Crippen LogP contribution in [0.25, 0.3) is 0 Å². The van der Waals surface area contributed by atoms with Gasteiger partial charge in [-0.3, -0.25) is 0 Å². The highest BCUT2D eigenvalue weighted by Crippen LogP contribution is 2.33. The van der Waals surface area contributed by atoms with E-state index in [-0.39, 0.29) is 0 Å². The molecule has 0 atom stereocenters. The summed E-state index contributed by atoms with van der Waals surface area (Å²) in [6, 6.07) is 5.93. The van der Waals surface area contributed by atoms with Gasteiger partial charge in [-0.25, -0.2) is 0 Å². The topological polar surface area (TPSA) is 21.3 Å². The molecule has 0 fully saturated rings. The summed E-state index contributed by atoms with van der Waals surface area (Å²) in [6.07, 6.45) is 0. The Bertz CT molecular complexity index is 275.